The lowest BCUT2D eigenvalue weighted by Crippen LogP contribution is -2.35. The molecule has 0 aliphatic heterocycles. The second kappa shape index (κ2) is 9.82. The van der Waals surface area contributed by atoms with Crippen molar-refractivity contribution >= 4 is 5.91 Å². The van der Waals surface area contributed by atoms with E-state index >= 15 is 0 Å². The lowest BCUT2D eigenvalue weighted by molar-refractivity contribution is 0.0905. The molecule has 1 unspecified atom stereocenters. The molecule has 0 radical (unpaired) electrons. The summed E-state index contributed by atoms with van der Waals surface area (Å²) in [5.74, 6) is 1.37. The van der Waals surface area contributed by atoms with Crippen molar-refractivity contribution in [1.29, 1.82) is 0 Å². The van der Waals surface area contributed by atoms with Gasteiger partial charge in [0, 0.05) is 24.3 Å². The Balaban J connectivity index is 2.15. The maximum atomic E-state index is 12.4. The van der Waals surface area contributed by atoms with Gasteiger partial charge >= 0.3 is 0 Å². The number of nitrogens with one attached hydrogen (secondary N) is 1. The van der Waals surface area contributed by atoms with Gasteiger partial charge in [-0.05, 0) is 56.7 Å². The van der Waals surface area contributed by atoms with E-state index < -0.39 is 0 Å². The second-order valence-electron chi connectivity index (χ2n) is 6.19. The lowest BCUT2D eigenvalue weighted by atomic mass is 10.1. The highest BCUT2D eigenvalue weighted by Crippen LogP contribution is 2.23. The summed E-state index contributed by atoms with van der Waals surface area (Å²) in [4.78, 5) is 12.4. The van der Waals surface area contributed by atoms with Crippen LogP contribution in [0, 0.1) is 6.92 Å². The number of methoxy groups -OCH3 is 1. The van der Waals surface area contributed by atoms with Gasteiger partial charge in [-0.1, -0.05) is 12.1 Å². The molecule has 26 heavy (non-hydrogen) atoms. The van der Waals surface area contributed by atoms with E-state index in [1.54, 1.807) is 13.2 Å². The molecule has 1 amide bonds. The number of ether oxygens (including phenoxy) is 3. The van der Waals surface area contributed by atoms with Gasteiger partial charge in [0.2, 0.25) is 0 Å². The highest BCUT2D eigenvalue weighted by atomic mass is 16.5. The Morgan fingerprint density at radius 2 is 1.96 bits per heavy atom. The van der Waals surface area contributed by atoms with E-state index in [4.69, 9.17) is 14.2 Å². The van der Waals surface area contributed by atoms with Gasteiger partial charge in [-0.2, -0.15) is 0 Å². The summed E-state index contributed by atoms with van der Waals surface area (Å²) in [6, 6.07) is 13.2. The molecule has 0 aliphatic rings. The SMILES string of the molecule is CCOc1ccc(C(=O)NC(C)COC)cc1COc1cccc(C)c1. The third-order valence-corrected chi connectivity index (χ3v) is 3.80. The second-order valence-corrected chi connectivity index (χ2v) is 6.19. The van der Waals surface area contributed by atoms with Crippen molar-refractivity contribution in [3.63, 3.8) is 0 Å². The molecule has 140 valence electrons. The van der Waals surface area contributed by atoms with Gasteiger partial charge in [-0.25, -0.2) is 0 Å². The Morgan fingerprint density at radius 1 is 1.15 bits per heavy atom. The first-order valence-corrected chi connectivity index (χ1v) is 8.78. The van der Waals surface area contributed by atoms with Crippen LogP contribution in [-0.4, -0.2) is 32.3 Å². The minimum Gasteiger partial charge on any atom is -0.493 e. The maximum Gasteiger partial charge on any atom is 0.251 e. The van der Waals surface area contributed by atoms with Crippen molar-refractivity contribution in [3.05, 3.63) is 59.2 Å². The fourth-order valence-electron chi connectivity index (χ4n) is 2.59. The monoisotopic (exact) mass is 357 g/mol. The average Bonchev–Trinajstić information content (AvgIpc) is 2.61. The van der Waals surface area contributed by atoms with E-state index in [1.807, 2.05) is 57.2 Å². The Labute approximate surface area is 155 Å². The van der Waals surface area contributed by atoms with Gasteiger partial charge in [0.25, 0.3) is 5.91 Å². The Kier molecular flexibility index (Phi) is 7.48. The van der Waals surface area contributed by atoms with Crippen LogP contribution in [0.4, 0.5) is 0 Å². The summed E-state index contributed by atoms with van der Waals surface area (Å²) in [6.07, 6.45) is 0. The molecule has 0 aromatic heterocycles. The number of carbonyl (C=O) groups is 1. The number of carbonyl (C=O) groups excluding carboxylic acids is 1. The standard InChI is InChI=1S/C21H27NO4/c1-5-25-20-10-9-17(21(23)22-16(3)13-24-4)12-18(20)14-26-19-8-6-7-15(2)11-19/h6-12,16H,5,13-14H2,1-4H3,(H,22,23). The van der Waals surface area contributed by atoms with Crippen LogP contribution in [0.5, 0.6) is 11.5 Å². The zero-order valence-corrected chi connectivity index (χ0v) is 15.9. The molecule has 5 heteroatoms. The number of amides is 1. The maximum absolute atomic E-state index is 12.4. The molecule has 2 aromatic rings. The number of hydrogen-bond acceptors (Lipinski definition) is 4. The van der Waals surface area contributed by atoms with Crippen LogP contribution >= 0.6 is 0 Å². The molecule has 5 nitrogen and oxygen atoms in total. The summed E-state index contributed by atoms with van der Waals surface area (Å²) in [6.45, 7) is 7.19. The summed E-state index contributed by atoms with van der Waals surface area (Å²) >= 11 is 0. The van der Waals surface area contributed by atoms with Crippen LogP contribution < -0.4 is 14.8 Å². The fourth-order valence-corrected chi connectivity index (χ4v) is 2.59. The van der Waals surface area contributed by atoms with Gasteiger partial charge in [0.05, 0.1) is 13.2 Å². The van der Waals surface area contributed by atoms with E-state index in [0.29, 0.717) is 25.4 Å². The Bertz CT molecular complexity index is 730. The number of rotatable bonds is 9. The first kappa shape index (κ1) is 19.8. The number of benzene rings is 2. The molecular formula is C21H27NO4. The molecule has 0 saturated carbocycles. The van der Waals surface area contributed by atoms with Gasteiger partial charge < -0.3 is 19.5 Å². The van der Waals surface area contributed by atoms with Crippen LogP contribution in [0.1, 0.15) is 35.3 Å². The zero-order valence-electron chi connectivity index (χ0n) is 15.9. The Morgan fingerprint density at radius 3 is 2.65 bits per heavy atom. The molecule has 0 heterocycles. The van der Waals surface area contributed by atoms with Crippen LogP contribution in [0.3, 0.4) is 0 Å². The topological polar surface area (TPSA) is 56.8 Å². The molecule has 2 rings (SSSR count). The first-order chi connectivity index (χ1) is 12.5. The largest absolute Gasteiger partial charge is 0.493 e. The van der Waals surface area contributed by atoms with Crippen LogP contribution in [0.15, 0.2) is 42.5 Å². The minimum atomic E-state index is -0.144. The van der Waals surface area contributed by atoms with Gasteiger partial charge in [-0.3, -0.25) is 4.79 Å². The molecule has 2 aromatic carbocycles. The predicted octanol–water partition coefficient (Wildman–Crippen LogP) is 3.74. The van der Waals surface area contributed by atoms with Crippen molar-refractivity contribution in [3.8, 4) is 11.5 Å². The van der Waals surface area contributed by atoms with E-state index in [-0.39, 0.29) is 11.9 Å². The quantitative estimate of drug-likeness (QED) is 0.743. The molecular weight excluding hydrogens is 330 g/mol. The lowest BCUT2D eigenvalue weighted by Gasteiger charge is -2.15. The van der Waals surface area contributed by atoms with Gasteiger partial charge in [0.1, 0.15) is 18.1 Å². The molecule has 1 N–H and O–H groups in total. The van der Waals surface area contributed by atoms with Crippen molar-refractivity contribution in [1.82, 2.24) is 5.32 Å². The smallest absolute Gasteiger partial charge is 0.251 e. The van der Waals surface area contributed by atoms with Crippen LogP contribution in [0.2, 0.25) is 0 Å². The van der Waals surface area contributed by atoms with Crippen molar-refractivity contribution in [2.24, 2.45) is 0 Å². The van der Waals surface area contributed by atoms with E-state index in [2.05, 4.69) is 5.32 Å². The third kappa shape index (κ3) is 5.77. The summed E-state index contributed by atoms with van der Waals surface area (Å²) in [5, 5.41) is 2.91. The number of hydrogen-bond donors (Lipinski definition) is 1. The van der Waals surface area contributed by atoms with Crippen molar-refractivity contribution in [2.75, 3.05) is 20.3 Å². The molecule has 0 saturated heterocycles. The first-order valence-electron chi connectivity index (χ1n) is 8.78. The molecule has 0 bridgehead atoms. The molecule has 1 atom stereocenters. The minimum absolute atomic E-state index is 0.0638. The summed E-state index contributed by atoms with van der Waals surface area (Å²) < 4.78 is 16.6. The van der Waals surface area contributed by atoms with Crippen molar-refractivity contribution in [2.45, 2.75) is 33.4 Å². The van der Waals surface area contributed by atoms with E-state index in [9.17, 15) is 4.79 Å². The van der Waals surface area contributed by atoms with Crippen LogP contribution in [-0.2, 0) is 11.3 Å². The highest BCUT2D eigenvalue weighted by Gasteiger charge is 2.13. The zero-order chi connectivity index (χ0) is 18.9. The van der Waals surface area contributed by atoms with Crippen LogP contribution in [0.25, 0.3) is 0 Å². The fraction of sp³-hybridized carbons (Fsp3) is 0.381. The van der Waals surface area contributed by atoms with Gasteiger partial charge in [0.15, 0.2) is 0 Å². The number of aryl methyl sites for hydroxylation is 1. The molecule has 0 fully saturated rings. The average molecular weight is 357 g/mol. The van der Waals surface area contributed by atoms with E-state index in [0.717, 1.165) is 22.6 Å². The van der Waals surface area contributed by atoms with Crippen molar-refractivity contribution < 1.29 is 19.0 Å². The van der Waals surface area contributed by atoms with Gasteiger partial charge in [-0.15, -0.1) is 0 Å². The highest BCUT2D eigenvalue weighted by molar-refractivity contribution is 5.94. The van der Waals surface area contributed by atoms with E-state index in [1.165, 1.54) is 0 Å². The predicted molar refractivity (Wildman–Crippen MR) is 102 cm³/mol. The Hall–Kier alpha value is -2.53. The summed E-state index contributed by atoms with van der Waals surface area (Å²) in [7, 11) is 1.61. The molecule has 0 aliphatic carbocycles. The third-order valence-electron chi connectivity index (χ3n) is 3.80. The summed E-state index contributed by atoms with van der Waals surface area (Å²) in [5.41, 5.74) is 2.53. The normalized spacial score (nSPS) is 11.7. The molecule has 0 spiro atoms.